The largest absolute Gasteiger partial charge is 0.416 e. The van der Waals surface area contributed by atoms with Crippen molar-refractivity contribution in [3.8, 4) is 0 Å². The lowest BCUT2D eigenvalue weighted by atomic mass is 10.3. The predicted octanol–water partition coefficient (Wildman–Crippen LogP) is 4.85. The van der Waals surface area contributed by atoms with E-state index in [1.54, 1.807) is 35.6 Å². The number of nitrogens with one attached hydrogen (secondary N) is 1. The maximum Gasteiger partial charge on any atom is 0.277 e. The highest BCUT2D eigenvalue weighted by Gasteiger charge is 2.11. The lowest BCUT2D eigenvalue weighted by Crippen LogP contribution is -2.13. The van der Waals surface area contributed by atoms with Crippen molar-refractivity contribution in [3.05, 3.63) is 64.5 Å². The standard InChI is InChI=1S/C19H15ClN4O2S2/c20-12-4-3-5-13(10-12)21-16(25)11-27-19-24-23-17(26-19)8-9-18-22-14-6-1-2-7-15(14)28-18/h1-7,10H,8-9,11H2,(H,21,25). The molecule has 9 heteroatoms. The molecule has 2 heterocycles. The van der Waals surface area contributed by atoms with E-state index in [-0.39, 0.29) is 11.7 Å². The number of fused-ring (bicyclic) bond motifs is 1. The van der Waals surface area contributed by atoms with Gasteiger partial charge in [-0.1, -0.05) is 41.6 Å². The molecule has 0 unspecified atom stereocenters. The molecule has 0 saturated carbocycles. The number of aromatic nitrogens is 3. The molecule has 2 aromatic carbocycles. The van der Waals surface area contributed by atoms with Crippen molar-refractivity contribution >= 4 is 56.5 Å². The quantitative estimate of drug-likeness (QED) is 0.422. The second kappa shape index (κ2) is 8.72. The Kier molecular flexibility index (Phi) is 5.90. The number of para-hydroxylation sites is 1. The molecule has 0 aliphatic carbocycles. The lowest BCUT2D eigenvalue weighted by molar-refractivity contribution is -0.113. The summed E-state index contributed by atoms with van der Waals surface area (Å²) >= 11 is 8.78. The normalized spacial score (nSPS) is 11.0. The van der Waals surface area contributed by atoms with E-state index in [0.29, 0.717) is 28.2 Å². The van der Waals surface area contributed by atoms with E-state index >= 15 is 0 Å². The Bertz CT molecular complexity index is 1080. The van der Waals surface area contributed by atoms with Crippen LogP contribution in [0.15, 0.2) is 58.2 Å². The molecule has 4 aromatic rings. The predicted molar refractivity (Wildman–Crippen MR) is 112 cm³/mol. The number of benzene rings is 2. The van der Waals surface area contributed by atoms with Gasteiger partial charge in [0.1, 0.15) is 0 Å². The molecule has 0 bridgehead atoms. The molecule has 1 amide bonds. The number of thioether (sulfide) groups is 1. The molecule has 0 aliphatic heterocycles. The second-order valence-electron chi connectivity index (χ2n) is 5.88. The maximum absolute atomic E-state index is 12.0. The zero-order chi connectivity index (χ0) is 19.3. The number of thiazole rings is 1. The van der Waals surface area contributed by atoms with Gasteiger partial charge in [-0.05, 0) is 30.3 Å². The molecule has 0 radical (unpaired) electrons. The van der Waals surface area contributed by atoms with Crippen molar-refractivity contribution in [2.75, 3.05) is 11.1 Å². The van der Waals surface area contributed by atoms with Crippen LogP contribution in [0, 0.1) is 0 Å². The third kappa shape index (κ3) is 4.89. The van der Waals surface area contributed by atoms with Gasteiger partial charge in [-0.2, -0.15) is 0 Å². The molecule has 0 fully saturated rings. The van der Waals surface area contributed by atoms with Gasteiger partial charge < -0.3 is 9.73 Å². The smallest absolute Gasteiger partial charge is 0.277 e. The zero-order valence-corrected chi connectivity index (χ0v) is 17.0. The molecule has 0 saturated heterocycles. The number of rotatable bonds is 7. The van der Waals surface area contributed by atoms with Gasteiger partial charge in [-0.25, -0.2) is 4.98 Å². The first-order valence-corrected chi connectivity index (χ1v) is 10.7. The molecule has 4 rings (SSSR count). The number of halogens is 1. The number of hydrogen-bond acceptors (Lipinski definition) is 7. The van der Waals surface area contributed by atoms with E-state index in [1.165, 1.54) is 16.5 Å². The van der Waals surface area contributed by atoms with Gasteiger partial charge in [0.15, 0.2) is 0 Å². The fraction of sp³-hybridized carbons (Fsp3) is 0.158. The summed E-state index contributed by atoms with van der Waals surface area (Å²) in [5.74, 6) is 0.546. The first-order chi connectivity index (χ1) is 13.7. The van der Waals surface area contributed by atoms with Crippen LogP contribution < -0.4 is 5.32 Å². The first kappa shape index (κ1) is 18.9. The molecule has 2 aromatic heterocycles. The van der Waals surface area contributed by atoms with Gasteiger partial charge in [-0.3, -0.25) is 4.79 Å². The van der Waals surface area contributed by atoms with Crippen molar-refractivity contribution < 1.29 is 9.21 Å². The number of carbonyl (C=O) groups is 1. The number of anilines is 1. The Balaban J connectivity index is 1.27. The topological polar surface area (TPSA) is 80.9 Å². The fourth-order valence-corrected chi connectivity index (χ4v) is 4.27. The fourth-order valence-electron chi connectivity index (χ4n) is 2.53. The summed E-state index contributed by atoms with van der Waals surface area (Å²) < 4.78 is 6.79. The monoisotopic (exact) mass is 430 g/mol. The van der Waals surface area contributed by atoms with E-state index in [2.05, 4.69) is 26.6 Å². The minimum absolute atomic E-state index is 0.165. The summed E-state index contributed by atoms with van der Waals surface area (Å²) in [4.78, 5) is 16.6. The van der Waals surface area contributed by atoms with E-state index < -0.39 is 0 Å². The van der Waals surface area contributed by atoms with Gasteiger partial charge in [0.2, 0.25) is 11.8 Å². The SMILES string of the molecule is O=C(CSc1nnc(CCc2nc3ccccc3s2)o1)Nc1cccc(Cl)c1. The average molecular weight is 431 g/mol. The summed E-state index contributed by atoms with van der Waals surface area (Å²) in [5, 5.41) is 12.8. The highest BCUT2D eigenvalue weighted by Crippen LogP contribution is 2.23. The molecule has 28 heavy (non-hydrogen) atoms. The Morgan fingerprint density at radius 2 is 2.04 bits per heavy atom. The molecule has 6 nitrogen and oxygen atoms in total. The number of aryl methyl sites for hydroxylation is 2. The highest BCUT2D eigenvalue weighted by molar-refractivity contribution is 7.99. The molecule has 142 valence electrons. The van der Waals surface area contributed by atoms with Crippen molar-refractivity contribution in [1.29, 1.82) is 0 Å². The van der Waals surface area contributed by atoms with Crippen molar-refractivity contribution in [1.82, 2.24) is 15.2 Å². The van der Waals surface area contributed by atoms with Crippen LogP contribution in [0.25, 0.3) is 10.2 Å². The van der Waals surface area contributed by atoms with E-state index in [1.807, 2.05) is 18.2 Å². The molecule has 0 atom stereocenters. The minimum Gasteiger partial charge on any atom is -0.416 e. The Labute approximate surface area is 174 Å². The number of nitrogens with zero attached hydrogens (tertiary/aromatic N) is 3. The van der Waals surface area contributed by atoms with Gasteiger partial charge >= 0.3 is 0 Å². The summed E-state index contributed by atoms with van der Waals surface area (Å²) in [6.07, 6.45) is 1.35. The second-order valence-corrected chi connectivity index (χ2v) is 8.36. The van der Waals surface area contributed by atoms with Crippen LogP contribution in [0.1, 0.15) is 10.9 Å². The number of carbonyl (C=O) groups excluding carboxylic acids is 1. The van der Waals surface area contributed by atoms with Crippen LogP contribution in [0.5, 0.6) is 0 Å². The van der Waals surface area contributed by atoms with Crippen LogP contribution >= 0.6 is 34.7 Å². The van der Waals surface area contributed by atoms with Crippen LogP contribution in [-0.4, -0.2) is 26.8 Å². The lowest BCUT2D eigenvalue weighted by Gasteiger charge is -2.03. The number of amides is 1. The third-order valence-corrected chi connectivity index (χ3v) is 5.92. The van der Waals surface area contributed by atoms with Gasteiger partial charge in [0.05, 0.1) is 21.0 Å². The summed E-state index contributed by atoms with van der Waals surface area (Å²) in [5.41, 5.74) is 1.66. The molecular weight excluding hydrogens is 416 g/mol. The first-order valence-electron chi connectivity index (χ1n) is 8.51. The Morgan fingerprint density at radius 1 is 1.14 bits per heavy atom. The maximum atomic E-state index is 12.0. The zero-order valence-electron chi connectivity index (χ0n) is 14.6. The Hall–Kier alpha value is -2.42. The van der Waals surface area contributed by atoms with Crippen LogP contribution in [0.4, 0.5) is 5.69 Å². The van der Waals surface area contributed by atoms with E-state index in [4.69, 9.17) is 16.0 Å². The summed E-state index contributed by atoms with van der Waals surface area (Å²) in [6, 6.07) is 15.1. The van der Waals surface area contributed by atoms with E-state index in [9.17, 15) is 4.79 Å². The molecule has 0 spiro atoms. The van der Waals surface area contributed by atoms with Gasteiger partial charge in [0.25, 0.3) is 5.22 Å². The van der Waals surface area contributed by atoms with Crippen molar-refractivity contribution in [3.63, 3.8) is 0 Å². The molecule has 0 aliphatic rings. The average Bonchev–Trinajstić information content (AvgIpc) is 3.31. The van der Waals surface area contributed by atoms with Crippen LogP contribution in [0.2, 0.25) is 5.02 Å². The minimum atomic E-state index is -0.165. The van der Waals surface area contributed by atoms with E-state index in [0.717, 1.165) is 16.9 Å². The third-order valence-electron chi connectivity index (χ3n) is 3.77. The Morgan fingerprint density at radius 3 is 2.89 bits per heavy atom. The van der Waals surface area contributed by atoms with Crippen LogP contribution in [0.3, 0.4) is 0 Å². The van der Waals surface area contributed by atoms with Crippen LogP contribution in [-0.2, 0) is 17.6 Å². The summed E-state index contributed by atoms with van der Waals surface area (Å²) in [6.45, 7) is 0. The molecular formula is C19H15ClN4O2S2. The highest BCUT2D eigenvalue weighted by atomic mass is 35.5. The van der Waals surface area contributed by atoms with Crippen molar-refractivity contribution in [2.45, 2.75) is 18.1 Å². The number of hydrogen-bond donors (Lipinski definition) is 1. The van der Waals surface area contributed by atoms with Gasteiger partial charge in [-0.15, -0.1) is 21.5 Å². The van der Waals surface area contributed by atoms with Crippen molar-refractivity contribution in [2.24, 2.45) is 0 Å². The van der Waals surface area contributed by atoms with Gasteiger partial charge in [0, 0.05) is 23.6 Å². The summed E-state index contributed by atoms with van der Waals surface area (Å²) in [7, 11) is 0. The molecule has 1 N–H and O–H groups in total.